The standard InChI is InChI=1S/Ba.H2O.O.V.H/h;1H2;;;/q+1;;;;/p-1. The molecule has 0 aromatic rings. The van der Waals surface area contributed by atoms with Crippen LogP contribution in [0.25, 0.3) is 0 Å². The summed E-state index contributed by atoms with van der Waals surface area (Å²) in [5.74, 6) is 0. The van der Waals surface area contributed by atoms with E-state index in [1.54, 1.807) is 0 Å². The molecule has 1 N–H and O–H groups in total. The van der Waals surface area contributed by atoms with Crippen LogP contribution in [-0.2, 0) is 21.0 Å². The molecule has 0 bridgehead atoms. The van der Waals surface area contributed by atoms with E-state index >= 15 is 0 Å². The first-order valence-corrected chi connectivity index (χ1v) is 0.753. The fourth-order valence-electron chi connectivity index (χ4n) is 0. The van der Waals surface area contributed by atoms with Crippen LogP contribution in [0, 0.1) is 0 Å². The van der Waals surface area contributed by atoms with E-state index in [9.17, 15) is 0 Å². The quantitative estimate of drug-likeness (QED) is 0.496. The summed E-state index contributed by atoms with van der Waals surface area (Å²) < 4.78 is 8.19. The van der Waals surface area contributed by atoms with Crippen molar-refractivity contribution in [3.63, 3.8) is 0 Å². The summed E-state index contributed by atoms with van der Waals surface area (Å²) >= 11 is 1.06. The third-order valence-electron chi connectivity index (χ3n) is 0. The number of hydrogen-bond acceptors (Lipinski definition) is 2. The van der Waals surface area contributed by atoms with Gasteiger partial charge in [-0.05, 0) is 0 Å². The van der Waals surface area contributed by atoms with Gasteiger partial charge in [-0.25, -0.2) is 0 Å². The molecule has 4 heavy (non-hydrogen) atoms. The molecule has 0 unspecified atom stereocenters. The molecule has 0 saturated carbocycles. The Kier molecular flexibility index (Phi) is 86.3. The van der Waals surface area contributed by atoms with Crippen molar-refractivity contribution in [3.05, 3.63) is 0 Å². The second kappa shape index (κ2) is 20.5. The summed E-state index contributed by atoms with van der Waals surface area (Å²) in [6, 6.07) is 0. The van der Waals surface area contributed by atoms with Crippen molar-refractivity contribution in [2.75, 3.05) is 0 Å². The minimum absolute atomic E-state index is 0. The predicted molar refractivity (Wildman–Crippen MR) is 9.77 cm³/mol. The van der Waals surface area contributed by atoms with Crippen molar-refractivity contribution in [1.29, 1.82) is 0 Å². The summed E-state index contributed by atoms with van der Waals surface area (Å²) in [6.07, 6.45) is 0. The topological polar surface area (TPSA) is 47.1 Å². The van der Waals surface area contributed by atoms with Gasteiger partial charge in [-0.1, -0.05) is 0 Å². The maximum absolute atomic E-state index is 8.19. The average Bonchev–Trinajstić information content (AvgIpc) is 1.00. The molecule has 0 aromatic carbocycles. The summed E-state index contributed by atoms with van der Waals surface area (Å²) in [6.45, 7) is 0. The van der Waals surface area contributed by atoms with Gasteiger partial charge in [0, 0.05) is 0 Å². The molecule has 0 heterocycles. The third-order valence-corrected chi connectivity index (χ3v) is 0. The van der Waals surface area contributed by atoms with Crippen LogP contribution in [0.2, 0.25) is 0 Å². The van der Waals surface area contributed by atoms with E-state index < -0.39 is 0 Å². The Hall–Kier alpha value is 1.92. The zero-order valence-electron chi connectivity index (χ0n) is 2.30. The SMILES string of the molecule is [BaH+].[OH-].[O]=[V]. The molecule has 21 valence electrons. The molecular weight excluding hydrogens is 220 g/mol. The van der Waals surface area contributed by atoms with Gasteiger partial charge in [0.1, 0.15) is 0 Å². The van der Waals surface area contributed by atoms with E-state index in [0.717, 1.165) is 17.4 Å². The molecule has 0 rings (SSSR count). The van der Waals surface area contributed by atoms with Crippen LogP contribution in [0.5, 0.6) is 0 Å². The fraction of sp³-hybridized carbons (Fsp3) is 0. The molecule has 2 nitrogen and oxygen atoms in total. The van der Waals surface area contributed by atoms with Gasteiger partial charge in [0.15, 0.2) is 0 Å². The first kappa shape index (κ1) is 16.8. The van der Waals surface area contributed by atoms with E-state index in [1.807, 2.05) is 0 Å². The Morgan fingerprint density at radius 2 is 1.25 bits per heavy atom. The Morgan fingerprint density at radius 3 is 1.25 bits per heavy atom. The van der Waals surface area contributed by atoms with Crippen molar-refractivity contribution in [3.8, 4) is 0 Å². The predicted octanol–water partition coefficient (Wildman–Crippen LogP) is -0.947. The molecule has 0 aromatic heterocycles. The molecule has 4 heteroatoms. The Morgan fingerprint density at radius 1 is 1.25 bits per heavy atom. The van der Waals surface area contributed by atoms with Gasteiger partial charge in [0.05, 0.1) is 0 Å². The Balaban J connectivity index is -0.00000000500. The number of rotatable bonds is 0. The molecule has 0 aliphatic carbocycles. The second-order valence-electron chi connectivity index (χ2n) is 0. The first-order valence-electron chi connectivity index (χ1n) is 0.183. The second-order valence-corrected chi connectivity index (χ2v) is 0. The molecule has 0 fully saturated rings. The first-order chi connectivity index (χ1) is 1.00. The molecule has 0 saturated heterocycles. The monoisotopic (exact) mass is 223 g/mol. The van der Waals surface area contributed by atoms with Crippen LogP contribution in [0.4, 0.5) is 0 Å². The third kappa shape index (κ3) is 9.07. The molecule has 0 aliphatic rings. The van der Waals surface area contributed by atoms with Crippen LogP contribution in [0.3, 0.4) is 0 Å². The van der Waals surface area contributed by atoms with Crippen molar-refractivity contribution in [2.24, 2.45) is 0 Å². The van der Waals surface area contributed by atoms with Crippen molar-refractivity contribution in [1.82, 2.24) is 0 Å². The van der Waals surface area contributed by atoms with Crippen molar-refractivity contribution < 1.29 is 26.5 Å². The van der Waals surface area contributed by atoms with Gasteiger partial charge in [0.25, 0.3) is 0 Å². The molecule has 0 radical (unpaired) electrons. The summed E-state index contributed by atoms with van der Waals surface area (Å²) in [5, 5.41) is 0. The van der Waals surface area contributed by atoms with E-state index in [1.165, 1.54) is 0 Å². The fourth-order valence-corrected chi connectivity index (χ4v) is 0. The van der Waals surface area contributed by atoms with E-state index in [4.69, 9.17) is 3.67 Å². The minimum atomic E-state index is 0. The van der Waals surface area contributed by atoms with Gasteiger partial charge >= 0.3 is 69.9 Å². The Bertz CT molecular complexity index is 6.00. The van der Waals surface area contributed by atoms with Crippen molar-refractivity contribution in [2.45, 2.75) is 0 Å². The Labute approximate surface area is 73.9 Å². The number of hydrogen-bond donors (Lipinski definition) is 0. The molecule has 0 atom stereocenters. The van der Waals surface area contributed by atoms with E-state index in [-0.39, 0.29) is 54.4 Å². The summed E-state index contributed by atoms with van der Waals surface area (Å²) in [5.41, 5.74) is 0. The van der Waals surface area contributed by atoms with E-state index in [2.05, 4.69) is 0 Å². The zero-order valence-corrected chi connectivity index (χ0v) is 9.98. The zero-order chi connectivity index (χ0) is 2.00. The molecular formula is H2BaO2V. The molecule has 0 spiro atoms. The maximum atomic E-state index is 8.19. The van der Waals surface area contributed by atoms with Crippen LogP contribution in [-0.4, -0.2) is 54.4 Å². The van der Waals surface area contributed by atoms with Crippen LogP contribution < -0.4 is 0 Å². The van der Waals surface area contributed by atoms with Gasteiger partial charge < -0.3 is 5.48 Å². The molecule has 0 amide bonds. The summed E-state index contributed by atoms with van der Waals surface area (Å²) in [7, 11) is 0. The van der Waals surface area contributed by atoms with Crippen molar-refractivity contribution >= 4 is 48.9 Å². The normalized spacial score (nSPS) is 0.750. The van der Waals surface area contributed by atoms with Crippen LogP contribution in [0.15, 0.2) is 0 Å². The molecule has 0 aliphatic heterocycles. The van der Waals surface area contributed by atoms with Gasteiger partial charge in [-0.2, -0.15) is 0 Å². The van der Waals surface area contributed by atoms with Gasteiger partial charge in [-0.15, -0.1) is 0 Å². The van der Waals surface area contributed by atoms with Crippen LogP contribution >= 0.6 is 0 Å². The summed E-state index contributed by atoms with van der Waals surface area (Å²) in [4.78, 5) is 0. The van der Waals surface area contributed by atoms with E-state index in [0.29, 0.717) is 0 Å². The van der Waals surface area contributed by atoms with Gasteiger partial charge in [0.2, 0.25) is 0 Å². The average molecular weight is 222 g/mol. The van der Waals surface area contributed by atoms with Gasteiger partial charge in [-0.3, -0.25) is 0 Å². The van der Waals surface area contributed by atoms with Crippen LogP contribution in [0.1, 0.15) is 0 Å².